The SMILES string of the molecule is CCn1ncc(C(=O)NCC2CCC(CNC(=O)OC(C)(C)C)CC2)c1C(F)(F)F. The van der Waals surface area contributed by atoms with Crippen molar-refractivity contribution in [3.05, 3.63) is 17.5 Å². The third kappa shape index (κ3) is 6.91. The van der Waals surface area contributed by atoms with E-state index in [0.717, 1.165) is 36.6 Å². The van der Waals surface area contributed by atoms with E-state index in [0.29, 0.717) is 19.0 Å². The van der Waals surface area contributed by atoms with Gasteiger partial charge < -0.3 is 15.4 Å². The van der Waals surface area contributed by atoms with Gasteiger partial charge in [-0.15, -0.1) is 0 Å². The zero-order valence-electron chi connectivity index (χ0n) is 17.9. The number of aromatic nitrogens is 2. The second-order valence-corrected chi connectivity index (χ2v) is 8.70. The maximum atomic E-state index is 13.3. The van der Waals surface area contributed by atoms with Crippen LogP contribution in [0.3, 0.4) is 0 Å². The highest BCUT2D eigenvalue weighted by molar-refractivity contribution is 5.95. The van der Waals surface area contributed by atoms with Gasteiger partial charge in [0.2, 0.25) is 0 Å². The lowest BCUT2D eigenvalue weighted by Gasteiger charge is -2.29. The van der Waals surface area contributed by atoms with Gasteiger partial charge in [-0.05, 0) is 65.2 Å². The lowest BCUT2D eigenvalue weighted by atomic mass is 9.82. The van der Waals surface area contributed by atoms with E-state index >= 15 is 0 Å². The minimum Gasteiger partial charge on any atom is -0.444 e. The molecule has 0 aromatic carbocycles. The molecular formula is C20H31F3N4O3. The number of ether oxygens (including phenoxy) is 1. The Bertz CT molecular complexity index is 733. The average Bonchev–Trinajstić information content (AvgIpc) is 3.08. The normalized spacial score (nSPS) is 20.0. The number of nitrogens with one attached hydrogen (secondary N) is 2. The summed E-state index contributed by atoms with van der Waals surface area (Å²) in [4.78, 5) is 24.0. The number of halogens is 3. The van der Waals surface area contributed by atoms with Gasteiger partial charge in [0.05, 0.1) is 11.8 Å². The van der Waals surface area contributed by atoms with Crippen LogP contribution in [0.25, 0.3) is 0 Å². The van der Waals surface area contributed by atoms with Crippen molar-refractivity contribution in [1.82, 2.24) is 20.4 Å². The van der Waals surface area contributed by atoms with Crippen molar-refractivity contribution in [1.29, 1.82) is 0 Å². The molecule has 1 aliphatic carbocycles. The van der Waals surface area contributed by atoms with Crippen molar-refractivity contribution in [2.45, 2.75) is 71.7 Å². The fourth-order valence-electron chi connectivity index (χ4n) is 3.60. The fourth-order valence-corrected chi connectivity index (χ4v) is 3.60. The van der Waals surface area contributed by atoms with Crippen molar-refractivity contribution < 1.29 is 27.5 Å². The number of nitrogens with zero attached hydrogens (tertiary/aromatic N) is 2. The molecule has 1 aromatic heterocycles. The molecule has 2 amide bonds. The Balaban J connectivity index is 1.78. The number of aryl methyl sites for hydroxylation is 1. The number of hydrogen-bond acceptors (Lipinski definition) is 4. The van der Waals surface area contributed by atoms with E-state index in [1.165, 1.54) is 0 Å². The predicted octanol–water partition coefficient (Wildman–Crippen LogP) is 3.98. The van der Waals surface area contributed by atoms with Crippen LogP contribution in [0.1, 0.15) is 69.4 Å². The molecule has 1 fully saturated rings. The molecule has 1 heterocycles. The van der Waals surface area contributed by atoms with Gasteiger partial charge >= 0.3 is 12.3 Å². The molecule has 10 heteroatoms. The molecule has 30 heavy (non-hydrogen) atoms. The summed E-state index contributed by atoms with van der Waals surface area (Å²) in [5.74, 6) is -0.234. The number of carbonyl (C=O) groups is 2. The Morgan fingerprint density at radius 1 is 1.10 bits per heavy atom. The summed E-state index contributed by atoms with van der Waals surface area (Å²) in [5.41, 5.74) is -2.00. The molecule has 0 radical (unpaired) electrons. The van der Waals surface area contributed by atoms with Crippen LogP contribution in [0.2, 0.25) is 0 Å². The van der Waals surface area contributed by atoms with Gasteiger partial charge in [-0.2, -0.15) is 18.3 Å². The minimum atomic E-state index is -4.64. The Hall–Kier alpha value is -2.26. The maximum Gasteiger partial charge on any atom is 0.433 e. The van der Waals surface area contributed by atoms with Gasteiger partial charge in [0, 0.05) is 19.6 Å². The molecule has 0 saturated heterocycles. The van der Waals surface area contributed by atoms with Crippen LogP contribution in [-0.4, -0.2) is 40.5 Å². The first-order chi connectivity index (χ1) is 13.9. The lowest BCUT2D eigenvalue weighted by molar-refractivity contribution is -0.144. The van der Waals surface area contributed by atoms with E-state index in [-0.39, 0.29) is 12.5 Å². The van der Waals surface area contributed by atoms with Crippen LogP contribution in [0.5, 0.6) is 0 Å². The van der Waals surface area contributed by atoms with Crippen molar-refractivity contribution >= 4 is 12.0 Å². The minimum absolute atomic E-state index is 0.0312. The Morgan fingerprint density at radius 2 is 1.63 bits per heavy atom. The predicted molar refractivity (Wildman–Crippen MR) is 105 cm³/mol. The Labute approximate surface area is 174 Å². The third-order valence-corrected chi connectivity index (χ3v) is 5.10. The number of amides is 2. The second kappa shape index (κ2) is 9.70. The molecule has 0 atom stereocenters. The van der Waals surface area contributed by atoms with Gasteiger partial charge in [0.25, 0.3) is 5.91 Å². The highest BCUT2D eigenvalue weighted by Gasteiger charge is 2.39. The summed E-state index contributed by atoms with van der Waals surface area (Å²) in [6.07, 6.45) is -0.692. The summed E-state index contributed by atoms with van der Waals surface area (Å²) in [5, 5.41) is 9.08. The van der Waals surface area contributed by atoms with E-state index in [1.807, 2.05) is 0 Å². The molecular weight excluding hydrogens is 401 g/mol. The van der Waals surface area contributed by atoms with E-state index in [2.05, 4.69) is 15.7 Å². The summed E-state index contributed by atoms with van der Waals surface area (Å²) < 4.78 is 45.8. The standard InChI is InChI=1S/C20H31F3N4O3/c1-5-27-16(20(21,22)23)15(12-26-27)17(28)24-10-13-6-8-14(9-7-13)11-25-18(29)30-19(2,3)4/h12-14H,5-11H2,1-4H3,(H,24,28)(H,25,29). The molecule has 0 unspecified atom stereocenters. The van der Waals surface area contributed by atoms with Crippen LogP contribution in [0.15, 0.2) is 6.20 Å². The Kier molecular flexibility index (Phi) is 7.76. The van der Waals surface area contributed by atoms with Crippen LogP contribution in [-0.2, 0) is 17.5 Å². The van der Waals surface area contributed by atoms with Gasteiger partial charge in [-0.25, -0.2) is 4.79 Å². The van der Waals surface area contributed by atoms with Crippen molar-refractivity contribution in [3.63, 3.8) is 0 Å². The third-order valence-electron chi connectivity index (χ3n) is 5.10. The summed E-state index contributed by atoms with van der Waals surface area (Å²) in [7, 11) is 0. The monoisotopic (exact) mass is 432 g/mol. The van der Waals surface area contributed by atoms with Gasteiger partial charge in [-0.1, -0.05) is 0 Å². The van der Waals surface area contributed by atoms with Crippen molar-refractivity contribution in [2.75, 3.05) is 13.1 Å². The highest BCUT2D eigenvalue weighted by Crippen LogP contribution is 2.32. The van der Waals surface area contributed by atoms with Crippen molar-refractivity contribution in [3.8, 4) is 0 Å². The molecule has 0 spiro atoms. The van der Waals surface area contributed by atoms with E-state index in [4.69, 9.17) is 4.74 Å². The smallest absolute Gasteiger partial charge is 0.433 e. The molecule has 1 aromatic rings. The fraction of sp³-hybridized carbons (Fsp3) is 0.750. The Morgan fingerprint density at radius 3 is 2.10 bits per heavy atom. The average molecular weight is 432 g/mol. The topological polar surface area (TPSA) is 85.3 Å². The molecule has 1 aliphatic rings. The molecule has 1 saturated carbocycles. The highest BCUT2D eigenvalue weighted by atomic mass is 19.4. The number of carbonyl (C=O) groups excluding carboxylic acids is 2. The molecule has 0 bridgehead atoms. The van der Waals surface area contributed by atoms with Crippen LogP contribution in [0.4, 0.5) is 18.0 Å². The first-order valence-electron chi connectivity index (χ1n) is 10.3. The zero-order chi connectivity index (χ0) is 22.5. The van der Waals surface area contributed by atoms with E-state index < -0.39 is 35.0 Å². The van der Waals surface area contributed by atoms with E-state index in [9.17, 15) is 22.8 Å². The summed E-state index contributed by atoms with van der Waals surface area (Å²) >= 11 is 0. The van der Waals surface area contributed by atoms with Crippen LogP contribution in [0, 0.1) is 11.8 Å². The molecule has 7 nitrogen and oxygen atoms in total. The van der Waals surface area contributed by atoms with E-state index in [1.54, 1.807) is 27.7 Å². The molecule has 2 rings (SSSR count). The maximum absolute atomic E-state index is 13.3. The quantitative estimate of drug-likeness (QED) is 0.712. The van der Waals surface area contributed by atoms with Crippen LogP contribution >= 0.6 is 0 Å². The first-order valence-corrected chi connectivity index (χ1v) is 10.3. The van der Waals surface area contributed by atoms with Gasteiger partial charge in [0.15, 0.2) is 5.69 Å². The summed E-state index contributed by atoms with van der Waals surface area (Å²) in [6.45, 7) is 7.83. The summed E-state index contributed by atoms with van der Waals surface area (Å²) in [6, 6.07) is 0. The van der Waals surface area contributed by atoms with Gasteiger partial charge in [-0.3, -0.25) is 9.48 Å². The van der Waals surface area contributed by atoms with Crippen LogP contribution < -0.4 is 10.6 Å². The molecule has 0 aliphatic heterocycles. The molecule has 170 valence electrons. The zero-order valence-corrected chi connectivity index (χ0v) is 17.9. The first kappa shape index (κ1) is 24.0. The number of rotatable bonds is 6. The number of alkyl halides is 3. The number of alkyl carbamates (subject to hydrolysis) is 1. The number of hydrogen-bond donors (Lipinski definition) is 2. The van der Waals surface area contributed by atoms with Gasteiger partial charge in [0.1, 0.15) is 5.60 Å². The molecule has 2 N–H and O–H groups in total. The second-order valence-electron chi connectivity index (χ2n) is 8.70. The largest absolute Gasteiger partial charge is 0.444 e. The lowest BCUT2D eigenvalue weighted by Crippen LogP contribution is -2.37. The van der Waals surface area contributed by atoms with Crippen molar-refractivity contribution in [2.24, 2.45) is 11.8 Å².